The average Bonchev–Trinajstić information content (AvgIpc) is 2.53. The minimum Gasteiger partial charge on any atom is -0.481 e. The Balaban J connectivity index is 3.57. The summed E-state index contributed by atoms with van der Waals surface area (Å²) < 4.78 is 31.6. The molecule has 3 N–H and O–H groups in total. The number of hydrogen-bond acceptors (Lipinski definition) is 6. The van der Waals surface area contributed by atoms with Gasteiger partial charge < -0.3 is 10.2 Å². The van der Waals surface area contributed by atoms with Crippen molar-refractivity contribution >= 4 is 33.9 Å². The van der Waals surface area contributed by atoms with Crippen LogP contribution in [0.25, 0.3) is 0 Å². The van der Waals surface area contributed by atoms with Crippen LogP contribution in [0.1, 0.15) is 19.3 Å². The van der Waals surface area contributed by atoms with Crippen LogP contribution < -0.4 is 0 Å². The summed E-state index contributed by atoms with van der Waals surface area (Å²) in [6.07, 6.45) is -2.56. The molecule has 10 nitrogen and oxygen atoms in total. The number of nitrogens with zero attached hydrogens (tertiary/aromatic N) is 1. The van der Waals surface area contributed by atoms with Crippen molar-refractivity contribution in [1.29, 1.82) is 0 Å². The summed E-state index contributed by atoms with van der Waals surface area (Å²) in [7, 11) is -5.57. The number of imide groups is 1. The lowest BCUT2D eigenvalue weighted by Gasteiger charge is -2.32. The van der Waals surface area contributed by atoms with Gasteiger partial charge in [-0.25, -0.2) is 9.69 Å². The molecule has 0 radical (unpaired) electrons. The maximum absolute atomic E-state index is 11.4. The Morgan fingerprint density at radius 2 is 1.58 bits per heavy atom. The fourth-order valence-corrected chi connectivity index (χ4v) is 2.71. The predicted octanol–water partition coefficient (Wildman–Crippen LogP) is -1.72. The van der Waals surface area contributed by atoms with E-state index in [-0.39, 0.29) is 4.90 Å². The van der Waals surface area contributed by atoms with Gasteiger partial charge in [-0.15, -0.1) is 0 Å². The maximum Gasteiger partial charge on any atom is 0.349 e. The Kier molecular flexibility index (Phi) is 3.63. The molecule has 0 unspecified atom stereocenters. The molecule has 0 spiro atoms. The summed E-state index contributed by atoms with van der Waals surface area (Å²) in [6.45, 7) is 0. The number of carbonyl (C=O) groups is 4. The molecule has 1 rings (SSSR count). The highest BCUT2D eigenvalue weighted by molar-refractivity contribution is 7.88. The van der Waals surface area contributed by atoms with Crippen LogP contribution >= 0.6 is 0 Å². The van der Waals surface area contributed by atoms with E-state index in [1.807, 2.05) is 0 Å². The molecule has 2 amide bonds. The largest absolute Gasteiger partial charge is 0.481 e. The molecular weight excluding hydrogens is 286 g/mol. The van der Waals surface area contributed by atoms with Crippen molar-refractivity contribution in [3.8, 4) is 0 Å². The molecule has 1 aliphatic heterocycles. The van der Waals surface area contributed by atoms with E-state index in [1.54, 1.807) is 0 Å². The number of carboxylic acids is 2. The Labute approximate surface area is 106 Å². The number of carbonyl (C=O) groups excluding carboxylic acids is 2. The van der Waals surface area contributed by atoms with Gasteiger partial charge in [0.05, 0.1) is 6.42 Å². The molecule has 0 bridgehead atoms. The van der Waals surface area contributed by atoms with Crippen molar-refractivity contribution in [3.05, 3.63) is 0 Å². The molecule has 0 aromatic carbocycles. The standard InChI is InChI=1S/C8H9NO9S/c10-4-1-2-5(11)9(4)8(7(14)15,3-6(12)13)19(16,17)18/h1-3H2,(H,12,13)(H,14,15)(H,16,17,18)/t8-/m0/s1. The van der Waals surface area contributed by atoms with E-state index < -0.39 is 58.0 Å². The minimum atomic E-state index is -5.57. The van der Waals surface area contributed by atoms with E-state index in [4.69, 9.17) is 14.8 Å². The monoisotopic (exact) mass is 295 g/mol. The molecule has 19 heavy (non-hydrogen) atoms. The number of likely N-dealkylation sites (tertiary alicyclic amines) is 1. The van der Waals surface area contributed by atoms with Gasteiger partial charge in [0, 0.05) is 12.8 Å². The third-order valence-electron chi connectivity index (χ3n) is 2.56. The van der Waals surface area contributed by atoms with Gasteiger partial charge in [0.2, 0.25) is 11.8 Å². The summed E-state index contributed by atoms with van der Waals surface area (Å²) >= 11 is 0. The zero-order valence-electron chi connectivity index (χ0n) is 9.27. The van der Waals surface area contributed by atoms with E-state index >= 15 is 0 Å². The van der Waals surface area contributed by atoms with Gasteiger partial charge >= 0.3 is 22.1 Å². The molecule has 1 saturated heterocycles. The van der Waals surface area contributed by atoms with Crippen LogP contribution in [0.15, 0.2) is 0 Å². The normalized spacial score (nSPS) is 19.3. The second-order valence-corrected chi connectivity index (χ2v) is 5.38. The summed E-state index contributed by atoms with van der Waals surface area (Å²) in [5.41, 5.74) is 0. The highest BCUT2D eigenvalue weighted by Crippen LogP contribution is 2.32. The fraction of sp³-hybridized carbons (Fsp3) is 0.500. The first kappa shape index (κ1) is 15.0. The highest BCUT2D eigenvalue weighted by atomic mass is 32.2. The molecule has 106 valence electrons. The van der Waals surface area contributed by atoms with Crippen molar-refractivity contribution in [3.63, 3.8) is 0 Å². The molecule has 1 atom stereocenters. The quantitative estimate of drug-likeness (QED) is 0.394. The Hall–Kier alpha value is -2.01. The smallest absolute Gasteiger partial charge is 0.349 e. The molecule has 1 fully saturated rings. The second kappa shape index (κ2) is 4.59. The van der Waals surface area contributed by atoms with Gasteiger partial charge in [0.15, 0.2) is 0 Å². The highest BCUT2D eigenvalue weighted by Gasteiger charge is 2.62. The molecule has 0 saturated carbocycles. The average molecular weight is 295 g/mol. The molecule has 0 aromatic rings. The topological polar surface area (TPSA) is 166 Å². The first-order valence-corrected chi connectivity index (χ1v) is 6.26. The van der Waals surface area contributed by atoms with Gasteiger partial charge in [-0.05, 0) is 0 Å². The number of carboxylic acid groups (broad SMARTS) is 2. The van der Waals surface area contributed by atoms with Crippen molar-refractivity contribution < 1.29 is 42.4 Å². The van der Waals surface area contributed by atoms with E-state index in [2.05, 4.69) is 0 Å². The Morgan fingerprint density at radius 3 is 1.84 bits per heavy atom. The van der Waals surface area contributed by atoms with E-state index in [0.29, 0.717) is 0 Å². The lowest BCUT2D eigenvalue weighted by Crippen LogP contribution is -2.62. The molecule has 1 aliphatic rings. The summed E-state index contributed by atoms with van der Waals surface area (Å²) in [6, 6.07) is 0. The summed E-state index contributed by atoms with van der Waals surface area (Å²) in [5, 5.41) is 17.6. The van der Waals surface area contributed by atoms with Crippen LogP contribution in [0.3, 0.4) is 0 Å². The van der Waals surface area contributed by atoms with E-state index in [9.17, 15) is 27.6 Å². The van der Waals surface area contributed by atoms with Crippen molar-refractivity contribution in [2.45, 2.75) is 24.1 Å². The van der Waals surface area contributed by atoms with Crippen molar-refractivity contribution in [1.82, 2.24) is 4.90 Å². The lowest BCUT2D eigenvalue weighted by molar-refractivity contribution is -0.160. The molecule has 1 heterocycles. The molecule has 11 heteroatoms. The van der Waals surface area contributed by atoms with Gasteiger partial charge in [-0.1, -0.05) is 0 Å². The van der Waals surface area contributed by atoms with Crippen LogP contribution in [-0.4, -0.2) is 56.7 Å². The zero-order valence-corrected chi connectivity index (χ0v) is 10.1. The van der Waals surface area contributed by atoms with Crippen LogP contribution in [0.4, 0.5) is 0 Å². The number of amides is 2. The zero-order chi connectivity index (χ0) is 15.0. The van der Waals surface area contributed by atoms with Crippen molar-refractivity contribution in [2.24, 2.45) is 0 Å². The van der Waals surface area contributed by atoms with Gasteiger partial charge in [0.1, 0.15) is 0 Å². The Bertz CT molecular complexity index is 549. The molecule has 0 aromatic heterocycles. The third-order valence-corrected chi connectivity index (χ3v) is 3.92. The van der Waals surface area contributed by atoms with Crippen LogP contribution in [-0.2, 0) is 29.3 Å². The first-order valence-electron chi connectivity index (χ1n) is 4.82. The van der Waals surface area contributed by atoms with Gasteiger partial charge in [-0.3, -0.25) is 18.9 Å². The Morgan fingerprint density at radius 1 is 1.16 bits per heavy atom. The third kappa shape index (κ3) is 2.29. The lowest BCUT2D eigenvalue weighted by atomic mass is 10.1. The minimum absolute atomic E-state index is 0.210. The SMILES string of the molecule is O=C(O)C[C@](C(=O)O)(N1C(=O)CCC1=O)S(=O)(=O)O. The maximum atomic E-state index is 11.4. The second-order valence-electron chi connectivity index (χ2n) is 3.76. The van der Waals surface area contributed by atoms with Crippen LogP contribution in [0.2, 0.25) is 0 Å². The fourth-order valence-electron chi connectivity index (χ4n) is 1.75. The molecular formula is C8H9NO9S. The van der Waals surface area contributed by atoms with Gasteiger partial charge in [-0.2, -0.15) is 8.42 Å². The van der Waals surface area contributed by atoms with Crippen LogP contribution in [0.5, 0.6) is 0 Å². The first-order chi connectivity index (χ1) is 8.54. The molecule has 0 aliphatic carbocycles. The summed E-state index contributed by atoms with van der Waals surface area (Å²) in [4.78, 5) is 40.9. The summed E-state index contributed by atoms with van der Waals surface area (Å²) in [5.74, 6) is -6.58. The van der Waals surface area contributed by atoms with Crippen molar-refractivity contribution in [2.75, 3.05) is 0 Å². The van der Waals surface area contributed by atoms with E-state index in [0.717, 1.165) is 0 Å². The van der Waals surface area contributed by atoms with Gasteiger partial charge in [0.25, 0.3) is 4.87 Å². The van der Waals surface area contributed by atoms with E-state index in [1.165, 1.54) is 0 Å². The van der Waals surface area contributed by atoms with Crippen LogP contribution in [0, 0.1) is 0 Å². The number of aliphatic carboxylic acids is 2. The predicted molar refractivity (Wildman–Crippen MR) is 55.3 cm³/mol. The number of rotatable bonds is 5. The number of hydrogen-bond donors (Lipinski definition) is 3.